The minimum absolute atomic E-state index is 0.0356. The van der Waals surface area contributed by atoms with Crippen molar-refractivity contribution in [1.29, 1.82) is 0 Å². The number of ether oxygens (including phenoxy) is 1. The lowest BCUT2D eigenvalue weighted by molar-refractivity contribution is 0.156. The van der Waals surface area contributed by atoms with Gasteiger partial charge < -0.3 is 23.9 Å². The van der Waals surface area contributed by atoms with E-state index in [1.54, 1.807) is 7.11 Å². The average Bonchev–Trinajstić information content (AvgIpc) is 3.32. The van der Waals surface area contributed by atoms with Crippen molar-refractivity contribution < 1.29 is 18.5 Å². The van der Waals surface area contributed by atoms with Crippen LogP contribution in [0.1, 0.15) is 61.6 Å². The Morgan fingerprint density at radius 3 is 3.00 bits per heavy atom. The average molecular weight is 347 g/mol. The predicted octanol–water partition coefficient (Wildman–Crippen LogP) is 3.58. The lowest BCUT2D eigenvalue weighted by Crippen LogP contribution is -2.39. The molecule has 0 bridgehead atoms. The first-order valence-electron chi connectivity index (χ1n) is 8.66. The number of nitrogens with zero attached hydrogens (tertiary/aromatic N) is 2. The van der Waals surface area contributed by atoms with E-state index in [2.05, 4.69) is 24.3 Å². The standard InChI is InChI=1S/C18H25N3O4/c1-12(2)15-9-14(25-20-15)10-19-18(22)21-8-4-5-16(21)17-7-6-13(24-17)11-23-3/h6-7,9,12,16H,4-5,8,10-11H2,1-3H3,(H,19,22)/t16-/m1/s1. The van der Waals surface area contributed by atoms with Crippen LogP contribution in [-0.4, -0.2) is 29.7 Å². The third-order valence-corrected chi connectivity index (χ3v) is 4.39. The molecule has 7 heteroatoms. The molecule has 2 aromatic heterocycles. The molecule has 2 amide bonds. The first-order valence-corrected chi connectivity index (χ1v) is 8.66. The minimum Gasteiger partial charge on any atom is -0.461 e. The Bertz CT molecular complexity index is 707. The second-order valence-corrected chi connectivity index (χ2v) is 6.62. The van der Waals surface area contributed by atoms with Gasteiger partial charge >= 0.3 is 6.03 Å². The second kappa shape index (κ2) is 7.74. The van der Waals surface area contributed by atoms with Gasteiger partial charge in [-0.15, -0.1) is 0 Å². The Labute approximate surface area is 147 Å². The van der Waals surface area contributed by atoms with Gasteiger partial charge in [-0.05, 0) is 30.9 Å². The summed E-state index contributed by atoms with van der Waals surface area (Å²) >= 11 is 0. The van der Waals surface area contributed by atoms with Crippen molar-refractivity contribution in [2.24, 2.45) is 0 Å². The summed E-state index contributed by atoms with van der Waals surface area (Å²) in [6.45, 7) is 5.58. The van der Waals surface area contributed by atoms with Crippen LogP contribution in [0.5, 0.6) is 0 Å². The molecule has 136 valence electrons. The summed E-state index contributed by atoms with van der Waals surface area (Å²) in [5.41, 5.74) is 0.893. The monoisotopic (exact) mass is 347 g/mol. The smallest absolute Gasteiger partial charge is 0.318 e. The van der Waals surface area contributed by atoms with Gasteiger partial charge in [0.2, 0.25) is 0 Å². The van der Waals surface area contributed by atoms with E-state index in [4.69, 9.17) is 13.7 Å². The van der Waals surface area contributed by atoms with Gasteiger partial charge in [-0.25, -0.2) is 4.79 Å². The van der Waals surface area contributed by atoms with Crippen molar-refractivity contribution in [3.8, 4) is 0 Å². The number of amides is 2. The largest absolute Gasteiger partial charge is 0.461 e. The summed E-state index contributed by atoms with van der Waals surface area (Å²) < 4.78 is 16.2. The molecule has 3 heterocycles. The van der Waals surface area contributed by atoms with Crippen LogP contribution in [0.15, 0.2) is 27.1 Å². The molecule has 1 N–H and O–H groups in total. The van der Waals surface area contributed by atoms with Gasteiger partial charge in [0.15, 0.2) is 5.76 Å². The quantitative estimate of drug-likeness (QED) is 0.864. The van der Waals surface area contributed by atoms with Crippen LogP contribution in [0.25, 0.3) is 0 Å². The molecule has 1 fully saturated rings. The normalized spacial score (nSPS) is 17.4. The zero-order valence-corrected chi connectivity index (χ0v) is 14.9. The van der Waals surface area contributed by atoms with Crippen LogP contribution >= 0.6 is 0 Å². The summed E-state index contributed by atoms with van der Waals surface area (Å²) in [6.07, 6.45) is 1.85. The van der Waals surface area contributed by atoms with Crippen LogP contribution in [0.2, 0.25) is 0 Å². The third kappa shape index (κ3) is 4.04. The molecule has 0 spiro atoms. The van der Waals surface area contributed by atoms with Crippen molar-refractivity contribution in [3.63, 3.8) is 0 Å². The van der Waals surface area contributed by atoms with Crippen LogP contribution in [0.4, 0.5) is 4.79 Å². The molecule has 3 rings (SSSR count). The molecule has 0 unspecified atom stereocenters. The Morgan fingerprint density at radius 2 is 2.28 bits per heavy atom. The number of methoxy groups -OCH3 is 1. The molecule has 0 aliphatic carbocycles. The molecule has 1 saturated heterocycles. The maximum Gasteiger partial charge on any atom is 0.318 e. The van der Waals surface area contributed by atoms with Crippen molar-refractivity contribution in [1.82, 2.24) is 15.4 Å². The maximum absolute atomic E-state index is 12.6. The molecule has 0 aromatic carbocycles. The van der Waals surface area contributed by atoms with E-state index in [-0.39, 0.29) is 12.1 Å². The predicted molar refractivity (Wildman–Crippen MR) is 90.9 cm³/mol. The van der Waals surface area contributed by atoms with Gasteiger partial charge in [0, 0.05) is 19.7 Å². The fraction of sp³-hybridized carbons (Fsp3) is 0.556. The molecule has 1 aliphatic rings. The van der Waals surface area contributed by atoms with Crippen molar-refractivity contribution >= 4 is 6.03 Å². The first kappa shape index (κ1) is 17.5. The molecular weight excluding hydrogens is 322 g/mol. The Kier molecular flexibility index (Phi) is 5.43. The van der Waals surface area contributed by atoms with E-state index in [1.165, 1.54) is 0 Å². The van der Waals surface area contributed by atoms with Crippen LogP contribution in [-0.2, 0) is 17.9 Å². The lowest BCUT2D eigenvalue weighted by Gasteiger charge is -2.23. The number of urea groups is 1. The van der Waals surface area contributed by atoms with E-state index in [0.717, 1.165) is 30.1 Å². The van der Waals surface area contributed by atoms with Crippen molar-refractivity contribution in [3.05, 3.63) is 41.2 Å². The van der Waals surface area contributed by atoms with Gasteiger partial charge in [0.25, 0.3) is 0 Å². The van der Waals surface area contributed by atoms with E-state index in [0.29, 0.717) is 31.4 Å². The fourth-order valence-corrected chi connectivity index (χ4v) is 3.05. The molecule has 0 radical (unpaired) electrons. The number of hydrogen-bond donors (Lipinski definition) is 1. The molecule has 25 heavy (non-hydrogen) atoms. The van der Waals surface area contributed by atoms with Crippen LogP contribution in [0.3, 0.4) is 0 Å². The third-order valence-electron chi connectivity index (χ3n) is 4.39. The summed E-state index contributed by atoms with van der Waals surface area (Å²) in [7, 11) is 1.63. The fourth-order valence-electron chi connectivity index (χ4n) is 3.05. The van der Waals surface area contributed by atoms with E-state index >= 15 is 0 Å². The number of likely N-dealkylation sites (tertiary alicyclic amines) is 1. The molecule has 7 nitrogen and oxygen atoms in total. The number of aromatic nitrogens is 1. The molecule has 2 aromatic rings. The number of carbonyl (C=O) groups excluding carboxylic acids is 1. The van der Waals surface area contributed by atoms with Gasteiger partial charge in [0.1, 0.15) is 18.1 Å². The number of nitrogens with one attached hydrogen (secondary N) is 1. The molecule has 0 saturated carbocycles. The van der Waals surface area contributed by atoms with E-state index in [9.17, 15) is 4.79 Å². The van der Waals surface area contributed by atoms with Crippen LogP contribution in [0, 0.1) is 0 Å². The Morgan fingerprint density at radius 1 is 1.44 bits per heavy atom. The second-order valence-electron chi connectivity index (χ2n) is 6.62. The summed E-state index contributed by atoms with van der Waals surface area (Å²) in [5.74, 6) is 2.54. The summed E-state index contributed by atoms with van der Waals surface area (Å²) in [6, 6.07) is 5.56. The molecule has 1 atom stereocenters. The number of furan rings is 1. The zero-order valence-electron chi connectivity index (χ0n) is 14.9. The first-order chi connectivity index (χ1) is 12.1. The Hall–Kier alpha value is -2.28. The molecular formula is C18H25N3O4. The van der Waals surface area contributed by atoms with Gasteiger partial charge in [-0.1, -0.05) is 19.0 Å². The maximum atomic E-state index is 12.6. The number of carbonyl (C=O) groups is 1. The highest BCUT2D eigenvalue weighted by Crippen LogP contribution is 2.33. The number of hydrogen-bond acceptors (Lipinski definition) is 5. The van der Waals surface area contributed by atoms with Crippen molar-refractivity contribution in [2.75, 3.05) is 13.7 Å². The highest BCUT2D eigenvalue weighted by atomic mass is 16.5. The summed E-state index contributed by atoms with van der Waals surface area (Å²) in [4.78, 5) is 14.4. The summed E-state index contributed by atoms with van der Waals surface area (Å²) in [5, 5.41) is 6.92. The lowest BCUT2D eigenvalue weighted by atomic mass is 10.1. The van der Waals surface area contributed by atoms with E-state index in [1.807, 2.05) is 23.1 Å². The Balaban J connectivity index is 1.59. The highest BCUT2D eigenvalue weighted by molar-refractivity contribution is 5.74. The van der Waals surface area contributed by atoms with Crippen molar-refractivity contribution in [2.45, 2.75) is 51.8 Å². The van der Waals surface area contributed by atoms with Gasteiger partial charge in [0.05, 0.1) is 18.3 Å². The van der Waals surface area contributed by atoms with Crippen LogP contribution < -0.4 is 5.32 Å². The van der Waals surface area contributed by atoms with Gasteiger partial charge in [-0.3, -0.25) is 0 Å². The number of rotatable bonds is 6. The highest BCUT2D eigenvalue weighted by Gasteiger charge is 2.32. The van der Waals surface area contributed by atoms with Gasteiger partial charge in [-0.2, -0.15) is 0 Å². The molecule has 1 aliphatic heterocycles. The van der Waals surface area contributed by atoms with E-state index < -0.39 is 0 Å². The topological polar surface area (TPSA) is 80.7 Å². The zero-order chi connectivity index (χ0) is 17.8. The SMILES string of the molecule is COCc1ccc([C@H]2CCCN2C(=O)NCc2cc(C(C)C)no2)o1. The minimum atomic E-state index is -0.116.